The lowest BCUT2D eigenvalue weighted by Gasteiger charge is -2.35. The quantitative estimate of drug-likeness (QED) is 0.505. The Labute approximate surface area is 120 Å². The summed E-state index contributed by atoms with van der Waals surface area (Å²) < 4.78 is 26.5. The van der Waals surface area contributed by atoms with Crippen molar-refractivity contribution in [1.29, 1.82) is 0 Å². The van der Waals surface area contributed by atoms with Crippen molar-refractivity contribution >= 4 is 21.7 Å². The molecule has 1 N–H and O–H groups in total. The van der Waals surface area contributed by atoms with Crippen molar-refractivity contribution in [3.63, 3.8) is 0 Å². The van der Waals surface area contributed by atoms with Crippen molar-refractivity contribution < 1.29 is 27.8 Å². The Balaban J connectivity index is 2.08. The van der Waals surface area contributed by atoms with Crippen molar-refractivity contribution in [3.05, 3.63) is 12.4 Å². The maximum atomic E-state index is 12.6. The van der Waals surface area contributed by atoms with Crippen LogP contribution in [0.1, 0.15) is 13.3 Å². The van der Waals surface area contributed by atoms with Crippen LogP contribution in [0.25, 0.3) is 0 Å². The highest BCUT2D eigenvalue weighted by atomic mass is 32.2. The number of nitrogens with zero attached hydrogens (tertiary/aromatic N) is 4. The van der Waals surface area contributed by atoms with E-state index in [1.54, 1.807) is 19.4 Å². The number of aromatic nitrogens is 3. The molecule has 0 radical (unpaired) electrons. The molecule has 21 heavy (non-hydrogen) atoms. The second-order valence-electron chi connectivity index (χ2n) is 5.62. The molecule has 2 aliphatic rings. The third-order valence-corrected chi connectivity index (χ3v) is 7.00. The Bertz CT molecular complexity index is 742. The summed E-state index contributed by atoms with van der Waals surface area (Å²) in [5, 5.41) is 12.4. The standard InChI is InChI=1S/C11H14N4O5S/c1-11(6-14-4-3-13(2)12-14)9(10(17)18)15-7(16)5-8(15)21(11,19)20/h3-4,8-9H,5-6H2,1-2H3/p+1/t8-,9-,11-/m1/s1. The summed E-state index contributed by atoms with van der Waals surface area (Å²) in [6, 6.07) is -1.39. The number of sulfone groups is 1. The minimum Gasteiger partial charge on any atom is -0.480 e. The SMILES string of the molecule is C[n+]1ccn(C[C@]2(C)[C@@H](C(=O)O)N3C(=O)C[C@H]3S2(=O)=O)n1. The van der Waals surface area contributed by atoms with Crippen LogP contribution in [0.15, 0.2) is 12.4 Å². The van der Waals surface area contributed by atoms with Gasteiger partial charge in [0.25, 0.3) is 0 Å². The van der Waals surface area contributed by atoms with E-state index in [0.717, 1.165) is 4.90 Å². The van der Waals surface area contributed by atoms with Gasteiger partial charge in [-0.3, -0.25) is 4.79 Å². The predicted molar refractivity (Wildman–Crippen MR) is 67.4 cm³/mol. The molecule has 1 aromatic heterocycles. The summed E-state index contributed by atoms with van der Waals surface area (Å²) in [5.41, 5.74) is 0. The number of carboxylic acids is 1. The molecule has 3 heterocycles. The first-order valence-corrected chi connectivity index (χ1v) is 7.90. The normalized spacial score (nSPS) is 33.6. The molecular weight excluding hydrogens is 300 g/mol. The van der Waals surface area contributed by atoms with Crippen LogP contribution in [-0.2, 0) is 33.0 Å². The number of aryl methyl sites for hydroxylation is 1. The summed E-state index contributed by atoms with van der Waals surface area (Å²) in [4.78, 5) is 24.1. The Hall–Kier alpha value is -1.97. The molecule has 0 aromatic carbocycles. The molecule has 114 valence electrons. The average molecular weight is 315 g/mol. The van der Waals surface area contributed by atoms with E-state index in [4.69, 9.17) is 0 Å². The lowest BCUT2D eigenvalue weighted by molar-refractivity contribution is -0.732. The van der Waals surface area contributed by atoms with Gasteiger partial charge in [-0.2, -0.15) is 0 Å². The van der Waals surface area contributed by atoms with Gasteiger partial charge in [0.2, 0.25) is 5.91 Å². The molecular formula is C11H15N4O5S+. The largest absolute Gasteiger partial charge is 0.480 e. The van der Waals surface area contributed by atoms with Crippen LogP contribution >= 0.6 is 0 Å². The van der Waals surface area contributed by atoms with Crippen molar-refractivity contribution in [2.24, 2.45) is 7.05 Å². The van der Waals surface area contributed by atoms with Gasteiger partial charge >= 0.3 is 5.97 Å². The van der Waals surface area contributed by atoms with Gasteiger partial charge in [0.05, 0.1) is 11.6 Å². The van der Waals surface area contributed by atoms with E-state index < -0.39 is 37.9 Å². The van der Waals surface area contributed by atoms with Gasteiger partial charge in [-0.25, -0.2) is 13.2 Å². The molecule has 0 bridgehead atoms. The van der Waals surface area contributed by atoms with Gasteiger partial charge < -0.3 is 10.0 Å². The Morgan fingerprint density at radius 1 is 1.62 bits per heavy atom. The number of hydrogen-bond acceptors (Lipinski definition) is 5. The predicted octanol–water partition coefficient (Wildman–Crippen LogP) is -2.09. The number of carboxylic acid groups (broad SMARTS) is 1. The molecule has 9 nitrogen and oxygen atoms in total. The number of rotatable bonds is 3. The van der Waals surface area contributed by atoms with E-state index in [-0.39, 0.29) is 13.0 Å². The van der Waals surface area contributed by atoms with Crippen LogP contribution in [0.2, 0.25) is 0 Å². The summed E-state index contributed by atoms with van der Waals surface area (Å²) >= 11 is 0. The fourth-order valence-electron chi connectivity index (χ4n) is 3.11. The highest BCUT2D eigenvalue weighted by molar-refractivity contribution is 7.93. The van der Waals surface area contributed by atoms with Gasteiger partial charge in [0, 0.05) is 0 Å². The minimum atomic E-state index is -3.79. The Morgan fingerprint density at radius 3 is 2.76 bits per heavy atom. The van der Waals surface area contributed by atoms with Gasteiger partial charge in [0.1, 0.15) is 23.7 Å². The summed E-state index contributed by atoms with van der Waals surface area (Å²) in [6.45, 7) is 1.25. The zero-order chi connectivity index (χ0) is 15.6. The minimum absolute atomic E-state index is 0.118. The zero-order valence-electron chi connectivity index (χ0n) is 11.5. The molecule has 0 aliphatic carbocycles. The summed E-state index contributed by atoms with van der Waals surface area (Å²) in [5.74, 6) is -1.75. The summed E-state index contributed by atoms with van der Waals surface area (Å²) in [6.07, 6.45) is 3.05. The molecule has 10 heteroatoms. The maximum absolute atomic E-state index is 12.6. The molecule has 0 saturated carbocycles. The van der Waals surface area contributed by atoms with E-state index in [1.165, 1.54) is 16.3 Å². The van der Waals surface area contributed by atoms with Gasteiger partial charge in [-0.15, -0.1) is 9.36 Å². The fraction of sp³-hybridized carbons (Fsp3) is 0.636. The highest BCUT2D eigenvalue weighted by Gasteiger charge is 2.70. The van der Waals surface area contributed by atoms with Crippen LogP contribution < -0.4 is 4.68 Å². The molecule has 1 aromatic rings. The monoisotopic (exact) mass is 315 g/mol. The van der Waals surface area contributed by atoms with Crippen molar-refractivity contribution in [2.75, 3.05) is 0 Å². The number of β-lactam (4-membered cyclic amide) rings is 1. The lowest BCUT2D eigenvalue weighted by Crippen LogP contribution is -2.58. The van der Waals surface area contributed by atoms with E-state index in [1.807, 2.05) is 0 Å². The van der Waals surface area contributed by atoms with E-state index in [2.05, 4.69) is 5.21 Å². The highest BCUT2D eigenvalue weighted by Crippen LogP contribution is 2.46. The topological polar surface area (TPSA) is 113 Å². The first-order chi connectivity index (χ1) is 9.68. The molecule has 1 amide bonds. The van der Waals surface area contributed by atoms with Crippen LogP contribution in [0, 0.1) is 0 Å². The molecule has 2 saturated heterocycles. The molecule has 3 rings (SSSR count). The average Bonchev–Trinajstić information content (AvgIpc) is 2.81. The number of carbonyl (C=O) groups is 2. The van der Waals surface area contributed by atoms with Gasteiger partial charge in [0.15, 0.2) is 28.3 Å². The third kappa shape index (κ3) is 1.65. The number of carbonyl (C=O) groups excluding carboxylic acids is 1. The molecule has 2 fully saturated rings. The Kier molecular flexibility index (Phi) is 2.68. The number of hydrogen-bond donors (Lipinski definition) is 1. The van der Waals surface area contributed by atoms with Crippen LogP contribution in [0.5, 0.6) is 0 Å². The molecule has 0 spiro atoms. The summed E-state index contributed by atoms with van der Waals surface area (Å²) in [7, 11) is -2.12. The van der Waals surface area contributed by atoms with Gasteiger partial charge in [-0.1, -0.05) is 0 Å². The number of amides is 1. The Morgan fingerprint density at radius 2 is 2.29 bits per heavy atom. The molecule has 2 aliphatic heterocycles. The van der Waals surface area contributed by atoms with Crippen molar-refractivity contribution in [3.8, 4) is 0 Å². The first-order valence-electron chi connectivity index (χ1n) is 6.35. The van der Waals surface area contributed by atoms with Crippen LogP contribution in [0.4, 0.5) is 0 Å². The fourth-order valence-corrected chi connectivity index (χ4v) is 5.47. The van der Waals surface area contributed by atoms with Crippen LogP contribution in [-0.4, -0.2) is 56.4 Å². The molecule has 0 unspecified atom stereocenters. The van der Waals surface area contributed by atoms with Crippen molar-refractivity contribution in [2.45, 2.75) is 36.1 Å². The lowest BCUT2D eigenvalue weighted by atomic mass is 9.96. The second kappa shape index (κ2) is 4.03. The smallest absolute Gasteiger partial charge is 0.328 e. The second-order valence-corrected chi connectivity index (χ2v) is 8.18. The maximum Gasteiger partial charge on any atom is 0.328 e. The van der Waals surface area contributed by atoms with E-state index >= 15 is 0 Å². The van der Waals surface area contributed by atoms with Crippen molar-refractivity contribution in [1.82, 2.24) is 14.8 Å². The van der Waals surface area contributed by atoms with E-state index in [0.29, 0.717) is 0 Å². The van der Waals surface area contributed by atoms with E-state index in [9.17, 15) is 23.1 Å². The van der Waals surface area contributed by atoms with Crippen LogP contribution in [0.3, 0.4) is 0 Å². The molecule has 3 atom stereocenters. The number of fused-ring (bicyclic) bond motifs is 1. The first kappa shape index (κ1) is 14.0. The zero-order valence-corrected chi connectivity index (χ0v) is 12.3. The number of aliphatic carboxylic acids is 1. The third-order valence-electron chi connectivity index (χ3n) is 4.23. The van der Waals surface area contributed by atoms with Gasteiger partial charge in [-0.05, 0) is 6.92 Å².